The maximum absolute atomic E-state index is 12.0. The normalized spacial score (nSPS) is 13.8. The summed E-state index contributed by atoms with van der Waals surface area (Å²) in [4.78, 5) is 0. The molecule has 0 radical (unpaired) electrons. The number of hydrogen-bond acceptors (Lipinski definition) is 3. The Morgan fingerprint density at radius 1 is 1.22 bits per heavy atom. The molecule has 0 heterocycles. The molecule has 0 saturated heterocycles. The van der Waals surface area contributed by atoms with E-state index in [1.54, 1.807) is 26.0 Å². The number of hydrogen-bond donors (Lipinski definition) is 2. The molecule has 1 atom stereocenters. The van der Waals surface area contributed by atoms with Crippen LogP contribution in [0.5, 0.6) is 0 Å². The minimum atomic E-state index is -3.56. The van der Waals surface area contributed by atoms with E-state index < -0.39 is 16.3 Å². The molecule has 102 valence electrons. The lowest BCUT2D eigenvalue weighted by Gasteiger charge is -2.23. The fraction of sp³-hybridized carbons (Fsp3) is 0.500. The molecule has 0 aromatic heterocycles. The second kappa shape index (κ2) is 6.84. The Kier molecular flexibility index (Phi) is 5.74. The van der Waals surface area contributed by atoms with Crippen molar-refractivity contribution in [2.24, 2.45) is 0 Å². The summed E-state index contributed by atoms with van der Waals surface area (Å²) in [5, 5.41) is 9.32. The van der Waals surface area contributed by atoms with Gasteiger partial charge >= 0.3 is 0 Å². The minimum absolute atomic E-state index is 0.273. The van der Waals surface area contributed by atoms with Gasteiger partial charge in [-0.1, -0.05) is 44.2 Å². The van der Waals surface area contributed by atoms with Crippen molar-refractivity contribution >= 4 is 10.2 Å². The Bertz CT molecular complexity index is 444. The summed E-state index contributed by atoms with van der Waals surface area (Å²) < 4.78 is 27.9. The van der Waals surface area contributed by atoms with E-state index in [0.717, 1.165) is 5.56 Å². The monoisotopic (exact) mass is 272 g/mol. The molecule has 0 saturated carbocycles. The van der Waals surface area contributed by atoms with Gasteiger partial charge in [0, 0.05) is 13.1 Å². The number of benzene rings is 1. The van der Waals surface area contributed by atoms with Gasteiger partial charge in [-0.15, -0.1) is 0 Å². The molecule has 1 rings (SSSR count). The van der Waals surface area contributed by atoms with E-state index in [0.29, 0.717) is 13.1 Å². The average molecular weight is 272 g/mol. The van der Waals surface area contributed by atoms with Crippen LogP contribution in [0.25, 0.3) is 0 Å². The molecule has 0 amide bonds. The van der Waals surface area contributed by atoms with Gasteiger partial charge in [0.15, 0.2) is 0 Å². The highest BCUT2D eigenvalue weighted by atomic mass is 32.2. The highest BCUT2D eigenvalue weighted by Gasteiger charge is 2.23. The predicted molar refractivity (Wildman–Crippen MR) is 71.2 cm³/mol. The van der Waals surface area contributed by atoms with Gasteiger partial charge in [0.1, 0.15) is 0 Å². The van der Waals surface area contributed by atoms with Crippen molar-refractivity contribution in [1.82, 2.24) is 9.03 Å². The second-order valence-corrected chi connectivity index (χ2v) is 5.56. The topological polar surface area (TPSA) is 69.6 Å². The number of rotatable bonds is 7. The van der Waals surface area contributed by atoms with E-state index in [-0.39, 0.29) is 6.61 Å². The number of nitrogens with one attached hydrogen (secondary N) is 1. The summed E-state index contributed by atoms with van der Waals surface area (Å²) in [6, 6.07) is 8.42. The van der Waals surface area contributed by atoms with Crippen LogP contribution < -0.4 is 4.72 Å². The molecule has 0 fully saturated rings. The molecular weight excluding hydrogens is 252 g/mol. The zero-order valence-corrected chi connectivity index (χ0v) is 11.5. The van der Waals surface area contributed by atoms with Crippen LogP contribution in [-0.2, 0) is 10.2 Å². The third-order valence-electron chi connectivity index (χ3n) is 2.72. The standard InChI is InChI=1S/C12H20N2O3S/c1-3-14(4-2)18(16,17)13-12(10-15)11-8-6-5-7-9-11/h5-9,12-13,15H,3-4,10H2,1-2H3/t12-/m1/s1. The molecule has 1 aromatic carbocycles. The molecule has 0 bridgehead atoms. The van der Waals surface area contributed by atoms with Crippen molar-refractivity contribution < 1.29 is 13.5 Å². The van der Waals surface area contributed by atoms with Gasteiger partial charge < -0.3 is 5.11 Å². The van der Waals surface area contributed by atoms with Crippen molar-refractivity contribution in [3.63, 3.8) is 0 Å². The van der Waals surface area contributed by atoms with Gasteiger partial charge in [-0.05, 0) is 5.56 Å². The molecule has 18 heavy (non-hydrogen) atoms. The van der Waals surface area contributed by atoms with Gasteiger partial charge in [0.05, 0.1) is 12.6 Å². The van der Waals surface area contributed by atoms with E-state index in [1.807, 2.05) is 18.2 Å². The van der Waals surface area contributed by atoms with Crippen molar-refractivity contribution in [1.29, 1.82) is 0 Å². The molecule has 0 spiro atoms. The van der Waals surface area contributed by atoms with Crippen LogP contribution in [0.4, 0.5) is 0 Å². The Morgan fingerprint density at radius 3 is 2.22 bits per heavy atom. The van der Waals surface area contributed by atoms with Crippen molar-refractivity contribution in [2.45, 2.75) is 19.9 Å². The second-order valence-electron chi connectivity index (χ2n) is 3.85. The van der Waals surface area contributed by atoms with Crippen LogP contribution in [0.2, 0.25) is 0 Å². The van der Waals surface area contributed by atoms with E-state index in [2.05, 4.69) is 4.72 Å². The fourth-order valence-electron chi connectivity index (χ4n) is 1.71. The Hall–Kier alpha value is -0.950. The first-order chi connectivity index (χ1) is 8.55. The minimum Gasteiger partial charge on any atom is -0.394 e. The molecule has 1 aromatic rings. The Labute approximate surface area is 109 Å². The molecule has 0 unspecified atom stereocenters. The van der Waals surface area contributed by atoms with Crippen LogP contribution >= 0.6 is 0 Å². The van der Waals surface area contributed by atoms with Gasteiger partial charge in [-0.2, -0.15) is 17.4 Å². The lowest BCUT2D eigenvalue weighted by molar-refractivity contribution is 0.256. The third kappa shape index (κ3) is 3.78. The zero-order chi connectivity index (χ0) is 13.6. The molecule has 5 nitrogen and oxygen atoms in total. The summed E-state index contributed by atoms with van der Waals surface area (Å²) in [5.74, 6) is 0. The average Bonchev–Trinajstić information content (AvgIpc) is 2.38. The maximum Gasteiger partial charge on any atom is 0.280 e. The number of aliphatic hydroxyl groups is 1. The first-order valence-corrected chi connectivity index (χ1v) is 7.42. The lowest BCUT2D eigenvalue weighted by atomic mass is 10.1. The van der Waals surface area contributed by atoms with Crippen LogP contribution in [-0.4, -0.2) is 37.5 Å². The van der Waals surface area contributed by atoms with Crippen molar-refractivity contribution in [2.75, 3.05) is 19.7 Å². The molecular formula is C12H20N2O3S. The van der Waals surface area contributed by atoms with Crippen molar-refractivity contribution in [3.8, 4) is 0 Å². The van der Waals surface area contributed by atoms with Crippen LogP contribution in [0, 0.1) is 0 Å². The lowest BCUT2D eigenvalue weighted by Crippen LogP contribution is -2.43. The predicted octanol–water partition coefficient (Wildman–Crippen LogP) is 0.896. The summed E-state index contributed by atoms with van der Waals surface area (Å²) in [6.45, 7) is 4.08. The van der Waals surface area contributed by atoms with Gasteiger partial charge in [0.2, 0.25) is 0 Å². The van der Waals surface area contributed by atoms with E-state index in [1.165, 1.54) is 4.31 Å². The largest absolute Gasteiger partial charge is 0.394 e. The summed E-state index contributed by atoms with van der Waals surface area (Å²) in [7, 11) is -3.56. The van der Waals surface area contributed by atoms with Crippen LogP contribution in [0.1, 0.15) is 25.5 Å². The first kappa shape index (κ1) is 15.1. The van der Waals surface area contributed by atoms with E-state index in [4.69, 9.17) is 0 Å². The summed E-state index contributed by atoms with van der Waals surface area (Å²) >= 11 is 0. The Morgan fingerprint density at radius 2 is 1.78 bits per heavy atom. The quantitative estimate of drug-likeness (QED) is 0.774. The highest BCUT2D eigenvalue weighted by molar-refractivity contribution is 7.87. The van der Waals surface area contributed by atoms with Crippen LogP contribution in [0.15, 0.2) is 30.3 Å². The van der Waals surface area contributed by atoms with E-state index >= 15 is 0 Å². The SMILES string of the molecule is CCN(CC)S(=O)(=O)N[C@H](CO)c1ccccc1. The highest BCUT2D eigenvalue weighted by Crippen LogP contribution is 2.14. The smallest absolute Gasteiger partial charge is 0.280 e. The van der Waals surface area contributed by atoms with Gasteiger partial charge in [-0.25, -0.2) is 0 Å². The van der Waals surface area contributed by atoms with E-state index in [9.17, 15) is 13.5 Å². The molecule has 2 N–H and O–H groups in total. The number of aliphatic hydroxyl groups excluding tert-OH is 1. The summed E-state index contributed by atoms with van der Waals surface area (Å²) in [5.41, 5.74) is 0.746. The zero-order valence-electron chi connectivity index (χ0n) is 10.7. The maximum atomic E-state index is 12.0. The first-order valence-electron chi connectivity index (χ1n) is 5.98. The molecule has 0 aliphatic rings. The van der Waals surface area contributed by atoms with Crippen molar-refractivity contribution in [3.05, 3.63) is 35.9 Å². The molecule has 0 aliphatic heterocycles. The fourth-order valence-corrected chi connectivity index (χ4v) is 3.11. The summed E-state index contributed by atoms with van der Waals surface area (Å²) in [6.07, 6.45) is 0. The Balaban J connectivity index is 2.87. The van der Waals surface area contributed by atoms with Crippen LogP contribution in [0.3, 0.4) is 0 Å². The third-order valence-corrected chi connectivity index (χ3v) is 4.50. The molecule has 0 aliphatic carbocycles. The van der Waals surface area contributed by atoms with Gasteiger partial charge in [-0.3, -0.25) is 0 Å². The number of nitrogens with zero attached hydrogens (tertiary/aromatic N) is 1. The molecule has 6 heteroatoms. The van der Waals surface area contributed by atoms with Gasteiger partial charge in [0.25, 0.3) is 10.2 Å².